The Balaban J connectivity index is 1.46. The monoisotopic (exact) mass is 427 g/mol. The van der Waals surface area contributed by atoms with E-state index < -0.39 is 0 Å². The van der Waals surface area contributed by atoms with Gasteiger partial charge in [-0.25, -0.2) is 4.68 Å². The fourth-order valence-corrected chi connectivity index (χ4v) is 4.40. The van der Waals surface area contributed by atoms with Crippen LogP contribution in [0.1, 0.15) is 16.1 Å². The maximum absolute atomic E-state index is 13.1. The van der Waals surface area contributed by atoms with E-state index >= 15 is 0 Å². The van der Waals surface area contributed by atoms with Gasteiger partial charge in [0.15, 0.2) is 0 Å². The van der Waals surface area contributed by atoms with E-state index in [4.69, 9.17) is 10.8 Å². The summed E-state index contributed by atoms with van der Waals surface area (Å²) in [6, 6.07) is 21.5. The topological polar surface area (TPSA) is 79.9 Å². The Labute approximate surface area is 183 Å². The number of hydrogen-bond acceptors (Lipinski definition) is 4. The van der Waals surface area contributed by atoms with Crippen molar-refractivity contribution in [2.45, 2.75) is 6.54 Å². The fourth-order valence-electron chi connectivity index (χ4n) is 3.66. The third kappa shape index (κ3) is 3.71. The zero-order valence-electron chi connectivity index (χ0n) is 16.9. The van der Waals surface area contributed by atoms with Gasteiger partial charge in [0.2, 0.25) is 0 Å². The molecule has 7 heteroatoms. The summed E-state index contributed by atoms with van der Waals surface area (Å²) in [5.41, 5.74) is 10.8. The molecule has 5 rings (SSSR count). The van der Waals surface area contributed by atoms with Crippen LogP contribution in [0.25, 0.3) is 27.2 Å². The van der Waals surface area contributed by atoms with E-state index in [1.165, 1.54) is 0 Å². The van der Waals surface area contributed by atoms with Crippen LogP contribution in [0.15, 0.2) is 78.3 Å². The molecular weight excluding hydrogens is 406 g/mol. The fraction of sp³-hybridized carbons (Fsp3) is 0.0833. The lowest BCUT2D eigenvalue weighted by molar-refractivity contribution is 0.0780. The number of anilines is 1. The first-order chi connectivity index (χ1) is 15.1. The van der Waals surface area contributed by atoms with Crippen molar-refractivity contribution in [2.24, 2.45) is 0 Å². The van der Waals surface area contributed by atoms with E-state index in [9.17, 15) is 4.79 Å². The van der Waals surface area contributed by atoms with Crippen molar-refractivity contribution in [1.82, 2.24) is 19.7 Å². The Morgan fingerprint density at radius 1 is 1.13 bits per heavy atom. The molecule has 154 valence electrons. The van der Waals surface area contributed by atoms with Crippen molar-refractivity contribution in [2.75, 3.05) is 12.8 Å². The number of benzene rings is 2. The van der Waals surface area contributed by atoms with Gasteiger partial charge in [-0.05, 0) is 47.8 Å². The number of aromatic amines is 1. The van der Waals surface area contributed by atoms with Gasteiger partial charge in [0.1, 0.15) is 11.4 Å². The molecule has 31 heavy (non-hydrogen) atoms. The first-order valence-corrected chi connectivity index (χ1v) is 10.8. The number of carbonyl (C=O) groups excluding carboxylic acids is 1. The van der Waals surface area contributed by atoms with E-state index in [2.05, 4.69) is 11.1 Å². The molecule has 0 radical (unpaired) electrons. The highest BCUT2D eigenvalue weighted by atomic mass is 32.1. The van der Waals surface area contributed by atoms with Gasteiger partial charge in [0.05, 0.1) is 10.6 Å². The van der Waals surface area contributed by atoms with Gasteiger partial charge in [0.25, 0.3) is 5.91 Å². The van der Waals surface area contributed by atoms with Crippen LogP contribution < -0.4 is 5.73 Å². The van der Waals surface area contributed by atoms with Crippen molar-refractivity contribution in [3.05, 3.63) is 89.6 Å². The molecule has 0 aliphatic rings. The number of nitrogens with two attached hydrogens (primary N) is 1. The molecule has 1 amide bonds. The second kappa shape index (κ2) is 7.77. The van der Waals surface area contributed by atoms with Crippen molar-refractivity contribution in [1.29, 1.82) is 0 Å². The number of para-hydroxylation sites is 1. The highest BCUT2D eigenvalue weighted by molar-refractivity contribution is 7.13. The van der Waals surface area contributed by atoms with Crippen LogP contribution in [0.2, 0.25) is 0 Å². The molecule has 0 saturated carbocycles. The molecular formula is C24H21N5OS. The number of H-pyrrole nitrogens is 1. The van der Waals surface area contributed by atoms with Gasteiger partial charge < -0.3 is 15.6 Å². The van der Waals surface area contributed by atoms with E-state index in [1.807, 2.05) is 76.9 Å². The van der Waals surface area contributed by atoms with E-state index in [1.54, 1.807) is 23.3 Å². The third-order valence-corrected chi connectivity index (χ3v) is 6.07. The number of amides is 1. The lowest BCUT2D eigenvalue weighted by Gasteiger charge is -2.16. The third-order valence-electron chi connectivity index (χ3n) is 5.19. The minimum absolute atomic E-state index is 0.0839. The van der Waals surface area contributed by atoms with Crippen molar-refractivity contribution in [3.8, 4) is 16.3 Å². The maximum Gasteiger partial charge on any atom is 0.270 e. The van der Waals surface area contributed by atoms with Crippen molar-refractivity contribution < 1.29 is 4.79 Å². The average Bonchev–Trinajstić information content (AvgIpc) is 3.52. The molecule has 0 atom stereocenters. The maximum atomic E-state index is 13.1. The van der Waals surface area contributed by atoms with Crippen molar-refractivity contribution in [3.63, 3.8) is 0 Å². The minimum atomic E-state index is -0.0839. The number of fused-ring (bicyclic) bond motifs is 1. The highest BCUT2D eigenvalue weighted by Gasteiger charge is 2.19. The molecule has 0 spiro atoms. The molecule has 3 heterocycles. The molecule has 0 unspecified atom stereocenters. The SMILES string of the molecule is CN(Cc1cn(-c2ccccc2)nc1-c1cccs1)C(=O)c1cc2cc(N)ccc2[nH]1. The Morgan fingerprint density at radius 3 is 2.74 bits per heavy atom. The molecule has 0 aliphatic carbocycles. The summed E-state index contributed by atoms with van der Waals surface area (Å²) >= 11 is 1.64. The summed E-state index contributed by atoms with van der Waals surface area (Å²) in [5, 5.41) is 7.78. The van der Waals surface area contributed by atoms with Gasteiger partial charge in [0, 0.05) is 41.9 Å². The number of thiophene rings is 1. The lowest BCUT2D eigenvalue weighted by Crippen LogP contribution is -2.26. The lowest BCUT2D eigenvalue weighted by atomic mass is 10.2. The predicted molar refractivity (Wildman–Crippen MR) is 125 cm³/mol. The summed E-state index contributed by atoms with van der Waals surface area (Å²) in [5.74, 6) is -0.0839. The largest absolute Gasteiger partial charge is 0.399 e. The number of nitrogens with one attached hydrogen (secondary N) is 1. The molecule has 3 N–H and O–H groups in total. The van der Waals surface area contributed by atoms with Crippen LogP contribution in [0.4, 0.5) is 5.69 Å². The average molecular weight is 428 g/mol. The standard InChI is InChI=1S/C24H21N5OS/c1-28(24(30)21-13-16-12-18(25)9-10-20(16)26-21)14-17-15-29(19-6-3-2-4-7-19)27-23(17)22-8-5-11-31-22/h2-13,15,26H,14,25H2,1H3. The number of nitrogen functional groups attached to an aromatic ring is 1. The van der Waals surface area contributed by atoms with Gasteiger partial charge in [-0.2, -0.15) is 5.10 Å². The molecule has 0 fully saturated rings. The number of aromatic nitrogens is 3. The summed E-state index contributed by atoms with van der Waals surface area (Å²) in [7, 11) is 1.81. The van der Waals surface area contributed by atoms with Gasteiger partial charge in [-0.3, -0.25) is 4.79 Å². The van der Waals surface area contributed by atoms with Crippen LogP contribution in [-0.2, 0) is 6.54 Å². The summed E-state index contributed by atoms with van der Waals surface area (Å²) in [6.45, 7) is 0.441. The zero-order valence-corrected chi connectivity index (χ0v) is 17.8. The second-order valence-corrected chi connectivity index (χ2v) is 8.40. The smallest absolute Gasteiger partial charge is 0.270 e. The summed E-state index contributed by atoms with van der Waals surface area (Å²) in [4.78, 5) is 19.1. The first-order valence-electron chi connectivity index (χ1n) is 9.90. The molecule has 0 saturated heterocycles. The van der Waals surface area contributed by atoms with Crippen LogP contribution in [0, 0.1) is 0 Å². The van der Waals surface area contributed by atoms with Crippen LogP contribution in [-0.4, -0.2) is 32.6 Å². The number of nitrogens with zero attached hydrogens (tertiary/aromatic N) is 3. The predicted octanol–water partition coefficient (Wildman–Crippen LogP) is 4.94. The number of rotatable bonds is 5. The Kier molecular flexibility index (Phi) is 4.80. The Hall–Kier alpha value is -3.84. The summed E-state index contributed by atoms with van der Waals surface area (Å²) < 4.78 is 1.87. The van der Waals surface area contributed by atoms with E-state index in [0.717, 1.165) is 32.7 Å². The van der Waals surface area contributed by atoms with Crippen LogP contribution >= 0.6 is 11.3 Å². The Bertz CT molecular complexity index is 1350. The molecule has 6 nitrogen and oxygen atoms in total. The first kappa shape index (κ1) is 19.1. The van der Waals surface area contributed by atoms with Crippen LogP contribution in [0.3, 0.4) is 0 Å². The number of carbonyl (C=O) groups is 1. The molecule has 0 aliphatic heterocycles. The van der Waals surface area contributed by atoms with E-state index in [0.29, 0.717) is 17.9 Å². The minimum Gasteiger partial charge on any atom is -0.399 e. The molecule has 3 aromatic heterocycles. The zero-order chi connectivity index (χ0) is 21.4. The summed E-state index contributed by atoms with van der Waals surface area (Å²) in [6.07, 6.45) is 2.00. The normalized spacial score (nSPS) is 11.1. The van der Waals surface area contributed by atoms with Gasteiger partial charge >= 0.3 is 0 Å². The Morgan fingerprint density at radius 2 is 1.97 bits per heavy atom. The molecule has 2 aromatic carbocycles. The van der Waals surface area contributed by atoms with Crippen LogP contribution in [0.5, 0.6) is 0 Å². The molecule has 5 aromatic rings. The van der Waals surface area contributed by atoms with Gasteiger partial charge in [-0.15, -0.1) is 11.3 Å². The van der Waals surface area contributed by atoms with Crippen molar-refractivity contribution >= 4 is 33.8 Å². The van der Waals surface area contributed by atoms with Gasteiger partial charge in [-0.1, -0.05) is 24.3 Å². The highest BCUT2D eigenvalue weighted by Crippen LogP contribution is 2.29. The second-order valence-electron chi connectivity index (χ2n) is 7.45. The van der Waals surface area contributed by atoms with E-state index in [-0.39, 0.29) is 5.91 Å². The quantitative estimate of drug-likeness (QED) is 0.390. The molecule has 0 bridgehead atoms. The number of hydrogen-bond donors (Lipinski definition) is 2.